The Kier molecular flexibility index (Phi) is 6.01. The van der Waals surface area contributed by atoms with E-state index in [1.54, 1.807) is 7.11 Å². The monoisotopic (exact) mass is 329 g/mol. The summed E-state index contributed by atoms with van der Waals surface area (Å²) in [6, 6.07) is 8.85. The van der Waals surface area contributed by atoms with E-state index in [4.69, 9.17) is 9.47 Å². The predicted octanol–water partition coefficient (Wildman–Crippen LogP) is 2.82. The van der Waals surface area contributed by atoms with Crippen molar-refractivity contribution in [1.29, 1.82) is 0 Å². The number of imidazole rings is 1. The summed E-state index contributed by atoms with van der Waals surface area (Å²) in [5.41, 5.74) is 2.48. The third-order valence-electron chi connectivity index (χ3n) is 4.73. The predicted molar refractivity (Wildman–Crippen MR) is 93.5 cm³/mol. The number of ether oxygens (including phenoxy) is 2. The van der Waals surface area contributed by atoms with Crippen molar-refractivity contribution in [3.05, 3.63) is 53.6 Å². The number of hydrogen-bond donors (Lipinski definition) is 1. The van der Waals surface area contributed by atoms with Crippen LogP contribution in [0.25, 0.3) is 0 Å². The van der Waals surface area contributed by atoms with Crippen molar-refractivity contribution >= 4 is 0 Å². The molecule has 5 heteroatoms. The normalized spacial score (nSPS) is 17.1. The molecule has 24 heavy (non-hydrogen) atoms. The molecule has 0 unspecified atom stereocenters. The van der Waals surface area contributed by atoms with Crippen LogP contribution in [0.15, 0.2) is 36.7 Å². The van der Waals surface area contributed by atoms with Gasteiger partial charge in [0.15, 0.2) is 0 Å². The van der Waals surface area contributed by atoms with Crippen molar-refractivity contribution in [3.8, 4) is 0 Å². The van der Waals surface area contributed by atoms with Gasteiger partial charge in [0.05, 0.1) is 12.6 Å². The van der Waals surface area contributed by atoms with Gasteiger partial charge in [-0.25, -0.2) is 4.98 Å². The lowest BCUT2D eigenvalue weighted by atomic mass is 9.91. The van der Waals surface area contributed by atoms with Crippen LogP contribution in [0.2, 0.25) is 0 Å². The van der Waals surface area contributed by atoms with Crippen LogP contribution in [-0.4, -0.2) is 29.9 Å². The summed E-state index contributed by atoms with van der Waals surface area (Å²) in [4.78, 5) is 4.59. The van der Waals surface area contributed by atoms with Crippen LogP contribution in [-0.2, 0) is 29.7 Å². The number of nitrogens with zero attached hydrogens (tertiary/aromatic N) is 2. The van der Waals surface area contributed by atoms with Gasteiger partial charge in [0.2, 0.25) is 0 Å². The fraction of sp³-hybridized carbons (Fsp3) is 0.526. The number of rotatable bonds is 7. The van der Waals surface area contributed by atoms with Crippen LogP contribution >= 0.6 is 0 Å². The molecule has 5 nitrogen and oxygen atoms in total. The van der Waals surface area contributed by atoms with Crippen molar-refractivity contribution < 1.29 is 9.47 Å². The van der Waals surface area contributed by atoms with Crippen molar-refractivity contribution in [2.75, 3.05) is 20.3 Å². The second kappa shape index (κ2) is 8.42. The minimum atomic E-state index is 0.257. The molecule has 1 saturated heterocycles. The summed E-state index contributed by atoms with van der Waals surface area (Å²) in [5.74, 6) is 1.67. The van der Waals surface area contributed by atoms with Crippen molar-refractivity contribution in [1.82, 2.24) is 14.9 Å². The summed E-state index contributed by atoms with van der Waals surface area (Å²) >= 11 is 0. The zero-order chi connectivity index (χ0) is 16.8. The summed E-state index contributed by atoms with van der Waals surface area (Å²) in [6.45, 7) is 3.19. The fourth-order valence-electron chi connectivity index (χ4n) is 3.34. The molecule has 1 atom stereocenters. The molecule has 130 valence electrons. The lowest BCUT2D eigenvalue weighted by molar-refractivity contribution is 0.0518. The molecular formula is C19H27N3O2. The third kappa shape index (κ3) is 4.23. The molecule has 0 spiro atoms. The zero-order valence-electron chi connectivity index (χ0n) is 14.6. The van der Waals surface area contributed by atoms with Gasteiger partial charge in [-0.1, -0.05) is 24.3 Å². The van der Waals surface area contributed by atoms with Gasteiger partial charge in [0.1, 0.15) is 5.82 Å². The molecule has 0 radical (unpaired) electrons. The molecule has 1 aliphatic rings. The van der Waals surface area contributed by atoms with Crippen molar-refractivity contribution in [2.45, 2.75) is 32.0 Å². The van der Waals surface area contributed by atoms with E-state index in [-0.39, 0.29) is 6.04 Å². The first-order valence-corrected chi connectivity index (χ1v) is 8.63. The molecular weight excluding hydrogens is 302 g/mol. The topological polar surface area (TPSA) is 48.3 Å². The van der Waals surface area contributed by atoms with E-state index < -0.39 is 0 Å². The van der Waals surface area contributed by atoms with Gasteiger partial charge in [0.25, 0.3) is 0 Å². The van der Waals surface area contributed by atoms with Gasteiger partial charge >= 0.3 is 0 Å². The molecule has 1 aliphatic heterocycles. The Bertz CT molecular complexity index is 618. The quantitative estimate of drug-likeness (QED) is 0.848. The average molecular weight is 329 g/mol. The van der Waals surface area contributed by atoms with Gasteiger partial charge in [-0.05, 0) is 29.9 Å². The van der Waals surface area contributed by atoms with Crippen LogP contribution in [0.1, 0.15) is 35.8 Å². The number of nitrogens with one attached hydrogen (secondary N) is 1. The first-order chi connectivity index (χ1) is 11.8. The average Bonchev–Trinajstić information content (AvgIpc) is 3.04. The van der Waals surface area contributed by atoms with Crippen molar-refractivity contribution in [2.24, 2.45) is 13.0 Å². The summed E-state index contributed by atoms with van der Waals surface area (Å²) in [6.07, 6.45) is 6.06. The Morgan fingerprint density at radius 2 is 1.96 bits per heavy atom. The summed E-state index contributed by atoms with van der Waals surface area (Å²) in [5, 5.41) is 3.73. The van der Waals surface area contributed by atoms with Crippen LogP contribution < -0.4 is 5.32 Å². The van der Waals surface area contributed by atoms with Gasteiger partial charge in [-0.3, -0.25) is 0 Å². The van der Waals surface area contributed by atoms with Gasteiger partial charge in [0, 0.05) is 46.3 Å². The SMILES string of the molecule is COCc1ccc(CN[C@@H](c2nccn2C)C2CCOCC2)cc1. The molecule has 1 fully saturated rings. The van der Waals surface area contributed by atoms with E-state index in [0.717, 1.165) is 38.4 Å². The minimum Gasteiger partial charge on any atom is -0.381 e. The Balaban J connectivity index is 1.68. The first-order valence-electron chi connectivity index (χ1n) is 8.63. The van der Waals surface area contributed by atoms with E-state index in [2.05, 4.69) is 46.2 Å². The largest absolute Gasteiger partial charge is 0.381 e. The Hall–Kier alpha value is -1.69. The molecule has 2 heterocycles. The summed E-state index contributed by atoms with van der Waals surface area (Å²) < 4.78 is 12.8. The number of aromatic nitrogens is 2. The number of hydrogen-bond acceptors (Lipinski definition) is 4. The molecule has 1 N–H and O–H groups in total. The highest BCUT2D eigenvalue weighted by molar-refractivity contribution is 5.22. The van der Waals surface area contributed by atoms with Crippen LogP contribution in [0.5, 0.6) is 0 Å². The van der Waals surface area contributed by atoms with E-state index in [1.807, 2.05) is 12.4 Å². The van der Waals surface area contributed by atoms with Crippen LogP contribution in [0, 0.1) is 5.92 Å². The lowest BCUT2D eigenvalue weighted by Gasteiger charge is -2.30. The number of aryl methyl sites for hydroxylation is 1. The van der Waals surface area contributed by atoms with Crippen LogP contribution in [0.3, 0.4) is 0 Å². The maximum Gasteiger partial charge on any atom is 0.125 e. The molecule has 2 aromatic rings. The van der Waals surface area contributed by atoms with Gasteiger partial charge in [-0.15, -0.1) is 0 Å². The number of methoxy groups -OCH3 is 1. The molecule has 1 aromatic carbocycles. The first kappa shape index (κ1) is 17.1. The Labute approximate surface area is 144 Å². The molecule has 0 bridgehead atoms. The van der Waals surface area contributed by atoms with Gasteiger partial charge < -0.3 is 19.4 Å². The highest BCUT2D eigenvalue weighted by Gasteiger charge is 2.27. The van der Waals surface area contributed by atoms with Crippen molar-refractivity contribution in [3.63, 3.8) is 0 Å². The third-order valence-corrected chi connectivity index (χ3v) is 4.73. The Morgan fingerprint density at radius 3 is 2.58 bits per heavy atom. The standard InChI is InChI=1S/C19H27N3O2/c1-22-10-9-20-19(22)18(17-7-11-24-12-8-17)21-13-15-3-5-16(6-4-15)14-23-2/h3-6,9-10,17-18,21H,7-8,11-14H2,1-2H3/t18-/m1/s1. The van der Waals surface area contributed by atoms with E-state index in [0.29, 0.717) is 12.5 Å². The van der Waals surface area contributed by atoms with Gasteiger partial charge in [-0.2, -0.15) is 0 Å². The van der Waals surface area contributed by atoms with E-state index in [1.165, 1.54) is 11.1 Å². The van der Waals surface area contributed by atoms with Crippen LogP contribution in [0.4, 0.5) is 0 Å². The fourth-order valence-corrected chi connectivity index (χ4v) is 3.34. The molecule has 1 aromatic heterocycles. The zero-order valence-corrected chi connectivity index (χ0v) is 14.6. The maximum absolute atomic E-state index is 5.53. The molecule has 3 rings (SSSR count). The smallest absolute Gasteiger partial charge is 0.125 e. The second-order valence-corrected chi connectivity index (χ2v) is 6.45. The maximum atomic E-state index is 5.53. The molecule has 0 aliphatic carbocycles. The lowest BCUT2D eigenvalue weighted by Crippen LogP contribution is -2.33. The highest BCUT2D eigenvalue weighted by atomic mass is 16.5. The van der Waals surface area contributed by atoms with E-state index in [9.17, 15) is 0 Å². The number of benzene rings is 1. The molecule has 0 saturated carbocycles. The summed E-state index contributed by atoms with van der Waals surface area (Å²) in [7, 11) is 3.79. The highest BCUT2D eigenvalue weighted by Crippen LogP contribution is 2.29. The minimum absolute atomic E-state index is 0.257. The molecule has 0 amide bonds. The second-order valence-electron chi connectivity index (χ2n) is 6.45. The van der Waals surface area contributed by atoms with E-state index >= 15 is 0 Å². The Morgan fingerprint density at radius 1 is 1.25 bits per heavy atom.